The number of hydrogen-bond donors (Lipinski definition) is 3. The summed E-state index contributed by atoms with van der Waals surface area (Å²) >= 11 is 0. The number of H-pyrrole nitrogens is 1. The van der Waals surface area contributed by atoms with Crippen molar-refractivity contribution in [2.24, 2.45) is 0 Å². The molecule has 1 saturated heterocycles. The summed E-state index contributed by atoms with van der Waals surface area (Å²) in [5.41, 5.74) is 2.75. The van der Waals surface area contributed by atoms with Crippen LogP contribution in [0.5, 0.6) is 0 Å². The summed E-state index contributed by atoms with van der Waals surface area (Å²) in [5.74, 6) is 0.835. The lowest BCUT2D eigenvalue weighted by Gasteiger charge is -2.32. The van der Waals surface area contributed by atoms with Gasteiger partial charge in [0.1, 0.15) is 11.5 Å². The summed E-state index contributed by atoms with van der Waals surface area (Å²) in [5, 5.41) is 12.9. The SMILES string of the molecule is C=CC(=O)N1CCC(n2nc(Nc3ccc(C(=O)Nc4ccccn4)cc3)c3cnc4[nH]cnc2c43)CC1. The molecule has 11 heteroatoms. The number of nitrogens with one attached hydrogen (secondary N) is 3. The number of aromatic nitrogens is 6. The molecule has 11 nitrogen and oxygen atoms in total. The number of aromatic amines is 1. The first-order valence-electron chi connectivity index (χ1n) is 12.3. The number of likely N-dealkylation sites (tertiary alicyclic amines) is 1. The zero-order valence-electron chi connectivity index (χ0n) is 20.5. The molecule has 38 heavy (non-hydrogen) atoms. The van der Waals surface area contributed by atoms with Crippen LogP contribution in [0.1, 0.15) is 29.2 Å². The third-order valence-electron chi connectivity index (χ3n) is 6.73. The van der Waals surface area contributed by atoms with Gasteiger partial charge in [0.25, 0.3) is 5.91 Å². The predicted octanol–water partition coefficient (Wildman–Crippen LogP) is 4.05. The molecule has 1 fully saturated rings. The van der Waals surface area contributed by atoms with Crippen molar-refractivity contribution in [1.29, 1.82) is 0 Å². The van der Waals surface area contributed by atoms with Crippen molar-refractivity contribution in [3.63, 3.8) is 0 Å². The van der Waals surface area contributed by atoms with Crippen LogP contribution >= 0.6 is 0 Å². The Labute approximate surface area is 217 Å². The van der Waals surface area contributed by atoms with Crippen molar-refractivity contribution in [2.45, 2.75) is 18.9 Å². The van der Waals surface area contributed by atoms with Crippen molar-refractivity contribution in [3.05, 3.63) is 79.4 Å². The first kappa shape index (κ1) is 23.3. The van der Waals surface area contributed by atoms with Gasteiger partial charge in [0, 0.05) is 36.7 Å². The standard InChI is InChI=1S/C27H25N9O2/c1-2-22(37)35-13-10-19(11-14-35)36-26-23-20(15-29-25(23)30-16-31-26)24(34-36)32-18-8-6-17(7-9-18)27(38)33-21-5-3-4-12-28-21/h2-9,12,15-16,19H,1,10-11,13-14H2,(H,32,34)(H,28,33,38)(H,29,30,31). The molecule has 0 spiro atoms. The summed E-state index contributed by atoms with van der Waals surface area (Å²) in [6.45, 7) is 4.85. The maximum atomic E-state index is 12.6. The van der Waals surface area contributed by atoms with Gasteiger partial charge in [-0.1, -0.05) is 12.6 Å². The largest absolute Gasteiger partial charge is 0.339 e. The molecule has 3 N–H and O–H groups in total. The van der Waals surface area contributed by atoms with E-state index in [9.17, 15) is 9.59 Å². The molecule has 0 bridgehead atoms. The monoisotopic (exact) mass is 507 g/mol. The van der Waals surface area contributed by atoms with Gasteiger partial charge in [-0.25, -0.2) is 19.6 Å². The van der Waals surface area contributed by atoms with E-state index in [1.54, 1.807) is 47.9 Å². The molecule has 190 valence electrons. The summed E-state index contributed by atoms with van der Waals surface area (Å²) in [4.78, 5) is 42.8. The molecule has 5 aromatic rings. The van der Waals surface area contributed by atoms with Crippen LogP contribution in [0.15, 0.2) is 73.8 Å². The summed E-state index contributed by atoms with van der Waals surface area (Å²) < 4.78 is 1.94. The first-order chi connectivity index (χ1) is 18.6. The summed E-state index contributed by atoms with van der Waals surface area (Å²) in [6.07, 6.45) is 7.89. The fourth-order valence-electron chi connectivity index (χ4n) is 4.78. The van der Waals surface area contributed by atoms with Gasteiger partial charge in [0.2, 0.25) is 5.91 Å². The molecule has 0 atom stereocenters. The van der Waals surface area contributed by atoms with Crippen molar-refractivity contribution < 1.29 is 9.59 Å². The number of piperidine rings is 1. The Balaban J connectivity index is 1.28. The number of amides is 2. The third-order valence-corrected chi connectivity index (χ3v) is 6.73. The molecule has 1 aromatic carbocycles. The maximum Gasteiger partial charge on any atom is 0.256 e. The van der Waals surface area contributed by atoms with Crippen molar-refractivity contribution >= 4 is 51.2 Å². The smallest absolute Gasteiger partial charge is 0.256 e. The number of carbonyl (C=O) groups is 2. The second-order valence-corrected chi connectivity index (χ2v) is 9.05. The number of hydrogen-bond acceptors (Lipinski definition) is 7. The molecule has 5 heterocycles. The average molecular weight is 508 g/mol. The van der Waals surface area contributed by atoms with Gasteiger partial charge in [0.05, 0.1) is 23.1 Å². The lowest BCUT2D eigenvalue weighted by atomic mass is 10.0. The number of rotatable bonds is 6. The summed E-state index contributed by atoms with van der Waals surface area (Å²) in [7, 11) is 0. The van der Waals surface area contributed by atoms with E-state index in [1.165, 1.54) is 6.08 Å². The van der Waals surface area contributed by atoms with Gasteiger partial charge in [-0.2, -0.15) is 5.10 Å². The highest BCUT2D eigenvalue weighted by atomic mass is 16.2. The molecule has 4 aromatic heterocycles. The van der Waals surface area contributed by atoms with Gasteiger partial charge in [0.15, 0.2) is 11.5 Å². The lowest BCUT2D eigenvalue weighted by molar-refractivity contribution is -0.127. The molecule has 1 aliphatic rings. The Morgan fingerprint density at radius 2 is 1.87 bits per heavy atom. The molecule has 0 radical (unpaired) electrons. The van der Waals surface area contributed by atoms with Crippen LogP contribution in [-0.4, -0.2) is 59.5 Å². The van der Waals surface area contributed by atoms with Crippen LogP contribution in [0.25, 0.3) is 22.1 Å². The van der Waals surface area contributed by atoms with E-state index in [-0.39, 0.29) is 17.9 Å². The highest BCUT2D eigenvalue weighted by Gasteiger charge is 2.26. The van der Waals surface area contributed by atoms with E-state index in [1.807, 2.05) is 22.9 Å². The molecular weight excluding hydrogens is 482 g/mol. The zero-order valence-corrected chi connectivity index (χ0v) is 20.5. The van der Waals surface area contributed by atoms with E-state index in [0.717, 1.165) is 40.6 Å². The van der Waals surface area contributed by atoms with Crippen LogP contribution in [0.4, 0.5) is 17.3 Å². The Kier molecular flexibility index (Phi) is 6.00. The van der Waals surface area contributed by atoms with Crippen LogP contribution in [0.3, 0.4) is 0 Å². The second kappa shape index (κ2) is 9.77. The average Bonchev–Trinajstić information content (AvgIpc) is 3.41. The number of carbonyl (C=O) groups excluding carboxylic acids is 2. The number of pyridine rings is 1. The van der Waals surface area contributed by atoms with Crippen molar-refractivity contribution in [3.8, 4) is 0 Å². The maximum absolute atomic E-state index is 12.6. The topological polar surface area (TPSA) is 134 Å². The molecule has 2 amide bonds. The molecule has 0 saturated carbocycles. The van der Waals surface area contributed by atoms with E-state index < -0.39 is 0 Å². The first-order valence-corrected chi connectivity index (χ1v) is 12.3. The van der Waals surface area contributed by atoms with Gasteiger partial charge >= 0.3 is 0 Å². The highest BCUT2D eigenvalue weighted by molar-refractivity contribution is 6.09. The number of benzene rings is 1. The van der Waals surface area contributed by atoms with Crippen LogP contribution in [0.2, 0.25) is 0 Å². The molecular formula is C27H25N9O2. The predicted molar refractivity (Wildman–Crippen MR) is 144 cm³/mol. The number of anilines is 3. The van der Waals surface area contributed by atoms with Gasteiger partial charge in [-0.15, -0.1) is 0 Å². The highest BCUT2D eigenvalue weighted by Crippen LogP contribution is 2.33. The van der Waals surface area contributed by atoms with E-state index in [2.05, 4.69) is 37.1 Å². The minimum Gasteiger partial charge on any atom is -0.339 e. The van der Waals surface area contributed by atoms with E-state index >= 15 is 0 Å². The van der Waals surface area contributed by atoms with E-state index in [0.29, 0.717) is 30.3 Å². The Bertz CT molecular complexity index is 1630. The van der Waals surface area contributed by atoms with Crippen molar-refractivity contribution in [2.75, 3.05) is 23.7 Å². The quantitative estimate of drug-likeness (QED) is 0.295. The minimum atomic E-state index is -0.241. The van der Waals surface area contributed by atoms with Crippen molar-refractivity contribution in [1.82, 2.24) is 34.6 Å². The van der Waals surface area contributed by atoms with Gasteiger partial charge in [-0.05, 0) is 55.3 Å². The Morgan fingerprint density at radius 3 is 2.61 bits per heavy atom. The van der Waals surface area contributed by atoms with Crippen LogP contribution < -0.4 is 10.6 Å². The van der Waals surface area contributed by atoms with Gasteiger partial charge < -0.3 is 20.5 Å². The zero-order chi connectivity index (χ0) is 26.1. The Morgan fingerprint density at radius 1 is 1.05 bits per heavy atom. The van der Waals surface area contributed by atoms with Crippen LogP contribution in [0, 0.1) is 0 Å². The van der Waals surface area contributed by atoms with E-state index in [4.69, 9.17) is 5.10 Å². The fraction of sp³-hybridized carbons (Fsp3) is 0.185. The lowest BCUT2D eigenvalue weighted by Crippen LogP contribution is -2.38. The summed E-state index contributed by atoms with van der Waals surface area (Å²) in [6, 6.07) is 12.6. The fourth-order valence-corrected chi connectivity index (χ4v) is 4.78. The Hall–Kier alpha value is -5.06. The third kappa shape index (κ3) is 4.34. The molecule has 0 unspecified atom stereocenters. The second-order valence-electron chi connectivity index (χ2n) is 9.05. The van der Waals surface area contributed by atoms with Gasteiger partial charge in [-0.3, -0.25) is 9.59 Å². The molecule has 1 aliphatic heterocycles. The molecule has 6 rings (SSSR count). The minimum absolute atomic E-state index is 0.0533. The normalized spacial score (nSPS) is 14.1. The molecule has 0 aliphatic carbocycles. The van der Waals surface area contributed by atoms with Crippen LogP contribution in [-0.2, 0) is 4.79 Å². The number of nitrogens with zero attached hydrogens (tertiary/aromatic N) is 6.